The summed E-state index contributed by atoms with van der Waals surface area (Å²) < 4.78 is 0. The van der Waals surface area contributed by atoms with E-state index in [0.29, 0.717) is 13.1 Å². The van der Waals surface area contributed by atoms with E-state index in [4.69, 9.17) is 11.6 Å². The van der Waals surface area contributed by atoms with Crippen LogP contribution in [0.1, 0.15) is 5.56 Å². The van der Waals surface area contributed by atoms with Gasteiger partial charge in [-0.05, 0) is 36.2 Å². The molecule has 1 saturated heterocycles. The van der Waals surface area contributed by atoms with E-state index >= 15 is 0 Å². The van der Waals surface area contributed by atoms with Gasteiger partial charge in [0.1, 0.15) is 0 Å². The molecule has 5 heteroatoms. The summed E-state index contributed by atoms with van der Waals surface area (Å²) in [5.41, 5.74) is 2.40. The Morgan fingerprint density at radius 2 is 1.76 bits per heavy atom. The fraction of sp³-hybridized carbons (Fsp3) is 0.350. The molecule has 0 aromatic heterocycles. The van der Waals surface area contributed by atoms with Gasteiger partial charge < -0.3 is 10.2 Å². The number of carbonyl (C=O) groups is 1. The van der Waals surface area contributed by atoms with Crippen molar-refractivity contribution in [2.75, 3.05) is 44.2 Å². The van der Waals surface area contributed by atoms with Gasteiger partial charge in [-0.3, -0.25) is 9.69 Å². The van der Waals surface area contributed by atoms with E-state index < -0.39 is 0 Å². The second-order valence-corrected chi connectivity index (χ2v) is 6.77. The highest BCUT2D eigenvalue weighted by Gasteiger charge is 2.18. The van der Waals surface area contributed by atoms with E-state index in [0.717, 1.165) is 43.2 Å². The molecule has 0 bridgehead atoms. The second-order valence-electron chi connectivity index (χ2n) is 6.33. The third-order valence-electron chi connectivity index (χ3n) is 4.49. The smallest absolute Gasteiger partial charge is 0.234 e. The quantitative estimate of drug-likeness (QED) is 0.863. The Kier molecular flexibility index (Phi) is 6.31. The highest BCUT2D eigenvalue weighted by atomic mass is 35.5. The molecule has 0 radical (unpaired) electrons. The van der Waals surface area contributed by atoms with E-state index in [1.54, 1.807) is 0 Å². The lowest BCUT2D eigenvalue weighted by atomic mass is 10.1. The van der Waals surface area contributed by atoms with Crippen molar-refractivity contribution in [3.8, 4) is 0 Å². The minimum absolute atomic E-state index is 0.0928. The topological polar surface area (TPSA) is 35.6 Å². The van der Waals surface area contributed by atoms with Gasteiger partial charge >= 0.3 is 0 Å². The summed E-state index contributed by atoms with van der Waals surface area (Å²) in [6.07, 6.45) is 0.800. The van der Waals surface area contributed by atoms with Crippen LogP contribution in [0.2, 0.25) is 5.02 Å². The van der Waals surface area contributed by atoms with Crippen molar-refractivity contribution in [1.29, 1.82) is 0 Å². The summed E-state index contributed by atoms with van der Waals surface area (Å²) in [7, 11) is 0. The van der Waals surface area contributed by atoms with E-state index in [1.165, 1.54) is 5.69 Å². The molecule has 0 unspecified atom stereocenters. The first-order valence-electron chi connectivity index (χ1n) is 8.74. The first-order valence-corrected chi connectivity index (χ1v) is 9.12. The van der Waals surface area contributed by atoms with Crippen molar-refractivity contribution in [2.24, 2.45) is 0 Å². The van der Waals surface area contributed by atoms with Gasteiger partial charge in [-0.25, -0.2) is 0 Å². The van der Waals surface area contributed by atoms with Crippen molar-refractivity contribution in [2.45, 2.75) is 6.42 Å². The molecule has 1 amide bonds. The SMILES string of the molecule is O=C(CN1CCN(c2ccccc2)CC1)NCCc1cccc(Cl)c1. The molecule has 132 valence electrons. The van der Waals surface area contributed by atoms with Gasteiger partial charge in [-0.2, -0.15) is 0 Å². The number of anilines is 1. The minimum atomic E-state index is 0.0928. The molecule has 2 aromatic carbocycles. The molecule has 0 aliphatic carbocycles. The van der Waals surface area contributed by atoms with Crippen molar-refractivity contribution in [3.63, 3.8) is 0 Å². The standard InChI is InChI=1S/C20H24ClN3O/c21-18-6-4-5-17(15-18)9-10-22-20(25)16-23-11-13-24(14-12-23)19-7-2-1-3-8-19/h1-8,15H,9-14,16H2,(H,22,25). The van der Waals surface area contributed by atoms with Gasteiger partial charge in [0.05, 0.1) is 6.54 Å². The maximum Gasteiger partial charge on any atom is 0.234 e. The van der Waals surface area contributed by atoms with Crippen molar-refractivity contribution in [3.05, 3.63) is 65.2 Å². The molecule has 0 atom stereocenters. The fourth-order valence-electron chi connectivity index (χ4n) is 3.10. The third kappa shape index (κ3) is 5.48. The molecule has 1 fully saturated rings. The Balaban J connectivity index is 1.36. The Morgan fingerprint density at radius 3 is 2.48 bits per heavy atom. The van der Waals surface area contributed by atoms with Crippen LogP contribution in [-0.4, -0.2) is 50.1 Å². The van der Waals surface area contributed by atoms with Crippen LogP contribution in [-0.2, 0) is 11.2 Å². The van der Waals surface area contributed by atoms with Crippen molar-refractivity contribution < 1.29 is 4.79 Å². The average Bonchev–Trinajstić information content (AvgIpc) is 2.63. The maximum atomic E-state index is 12.1. The van der Waals surface area contributed by atoms with Gasteiger partial charge in [-0.15, -0.1) is 0 Å². The summed E-state index contributed by atoms with van der Waals surface area (Å²) in [6.45, 7) is 4.86. The molecule has 3 rings (SSSR count). The Hall–Kier alpha value is -2.04. The first-order chi connectivity index (χ1) is 12.2. The molecule has 0 spiro atoms. The number of nitrogens with one attached hydrogen (secondary N) is 1. The molecular weight excluding hydrogens is 334 g/mol. The molecule has 25 heavy (non-hydrogen) atoms. The third-order valence-corrected chi connectivity index (χ3v) is 4.72. The van der Waals surface area contributed by atoms with Crippen LogP contribution < -0.4 is 10.2 Å². The Bertz CT molecular complexity index is 684. The maximum absolute atomic E-state index is 12.1. The van der Waals surface area contributed by atoms with Crippen molar-refractivity contribution in [1.82, 2.24) is 10.2 Å². The lowest BCUT2D eigenvalue weighted by Crippen LogP contribution is -2.49. The van der Waals surface area contributed by atoms with Gasteiger partial charge in [0.25, 0.3) is 0 Å². The molecule has 0 saturated carbocycles. The van der Waals surface area contributed by atoms with E-state index in [2.05, 4.69) is 39.4 Å². The number of nitrogens with zero attached hydrogens (tertiary/aromatic N) is 2. The zero-order valence-corrected chi connectivity index (χ0v) is 15.1. The fourth-order valence-corrected chi connectivity index (χ4v) is 3.31. The van der Waals surface area contributed by atoms with Crippen LogP contribution in [0.4, 0.5) is 5.69 Å². The van der Waals surface area contributed by atoms with E-state index in [9.17, 15) is 4.79 Å². The number of carbonyl (C=O) groups excluding carboxylic acids is 1. The van der Waals surface area contributed by atoms with Crippen LogP contribution in [0.5, 0.6) is 0 Å². The number of hydrogen-bond donors (Lipinski definition) is 1. The molecule has 1 N–H and O–H groups in total. The van der Waals surface area contributed by atoms with Crippen LogP contribution in [0, 0.1) is 0 Å². The molecule has 2 aromatic rings. The summed E-state index contributed by atoms with van der Waals surface area (Å²) in [5, 5.41) is 3.74. The summed E-state index contributed by atoms with van der Waals surface area (Å²) in [6, 6.07) is 18.2. The number of para-hydroxylation sites is 1. The summed E-state index contributed by atoms with van der Waals surface area (Å²) in [4.78, 5) is 16.7. The molecule has 1 aliphatic rings. The van der Waals surface area contributed by atoms with Gasteiger partial charge in [0, 0.05) is 43.4 Å². The first kappa shape index (κ1) is 17.8. The largest absolute Gasteiger partial charge is 0.369 e. The highest BCUT2D eigenvalue weighted by Crippen LogP contribution is 2.15. The number of piperazine rings is 1. The zero-order chi connectivity index (χ0) is 17.5. The highest BCUT2D eigenvalue weighted by molar-refractivity contribution is 6.30. The Labute approximate surface area is 154 Å². The molecule has 1 aliphatic heterocycles. The number of rotatable bonds is 6. The van der Waals surface area contributed by atoms with Crippen LogP contribution in [0.3, 0.4) is 0 Å². The molecular formula is C20H24ClN3O. The number of halogens is 1. The lowest BCUT2D eigenvalue weighted by molar-refractivity contribution is -0.122. The van der Waals surface area contributed by atoms with Crippen LogP contribution in [0.15, 0.2) is 54.6 Å². The Morgan fingerprint density at radius 1 is 1.00 bits per heavy atom. The second kappa shape index (κ2) is 8.88. The normalized spacial score (nSPS) is 15.2. The zero-order valence-electron chi connectivity index (χ0n) is 14.3. The van der Waals surface area contributed by atoms with Crippen LogP contribution >= 0.6 is 11.6 Å². The average molecular weight is 358 g/mol. The lowest BCUT2D eigenvalue weighted by Gasteiger charge is -2.35. The summed E-state index contributed by atoms with van der Waals surface area (Å²) >= 11 is 5.97. The van der Waals surface area contributed by atoms with Gasteiger partial charge in [0.2, 0.25) is 5.91 Å². The van der Waals surface area contributed by atoms with Crippen LogP contribution in [0.25, 0.3) is 0 Å². The minimum Gasteiger partial charge on any atom is -0.369 e. The number of benzene rings is 2. The summed E-state index contributed by atoms with van der Waals surface area (Å²) in [5.74, 6) is 0.0928. The monoisotopic (exact) mass is 357 g/mol. The predicted molar refractivity (Wildman–Crippen MR) is 103 cm³/mol. The predicted octanol–water partition coefficient (Wildman–Crippen LogP) is 2.82. The number of hydrogen-bond acceptors (Lipinski definition) is 3. The van der Waals surface area contributed by atoms with E-state index in [-0.39, 0.29) is 5.91 Å². The van der Waals surface area contributed by atoms with Gasteiger partial charge in [0.15, 0.2) is 0 Å². The van der Waals surface area contributed by atoms with Crippen molar-refractivity contribution >= 4 is 23.2 Å². The number of amides is 1. The molecule has 4 nitrogen and oxygen atoms in total. The molecule has 1 heterocycles. The van der Waals surface area contributed by atoms with E-state index in [1.807, 2.05) is 30.3 Å². The van der Waals surface area contributed by atoms with Gasteiger partial charge in [-0.1, -0.05) is 41.9 Å².